The predicted molar refractivity (Wildman–Crippen MR) is 124 cm³/mol. The van der Waals surface area contributed by atoms with Gasteiger partial charge in [0.1, 0.15) is 0 Å². The molecular weight excluding hydrogens is 461 g/mol. The molecule has 2 aromatic carbocycles. The molecule has 0 unspecified atom stereocenters. The number of nitrogens with one attached hydrogen (secondary N) is 1. The first-order chi connectivity index (χ1) is 14.3. The topological polar surface area (TPSA) is 72.0 Å². The Bertz CT molecular complexity index is 1290. The molecule has 4 rings (SSSR count). The summed E-state index contributed by atoms with van der Waals surface area (Å²) in [5, 5.41) is 4.95. The van der Waals surface area contributed by atoms with Crippen molar-refractivity contribution in [2.75, 3.05) is 11.6 Å². The third kappa shape index (κ3) is 4.65. The van der Waals surface area contributed by atoms with Crippen molar-refractivity contribution >= 4 is 55.2 Å². The van der Waals surface area contributed by atoms with Crippen LogP contribution >= 0.6 is 34.5 Å². The van der Waals surface area contributed by atoms with Gasteiger partial charge < -0.3 is 5.32 Å². The molecule has 0 atom stereocenters. The lowest BCUT2D eigenvalue weighted by Gasteiger charge is -2.04. The Morgan fingerprint density at radius 1 is 0.900 bits per heavy atom. The highest BCUT2D eigenvalue weighted by atomic mass is 35.5. The Balaban J connectivity index is 1.78. The van der Waals surface area contributed by atoms with Crippen molar-refractivity contribution in [2.45, 2.75) is 4.90 Å². The SMILES string of the molecule is CS(=O)(=O)c1ccc(-c2sc(Nc3cc(Cl)cc(Cl)c3)nc2-c2ccncc2)cc1. The minimum Gasteiger partial charge on any atom is -0.331 e. The molecule has 0 radical (unpaired) electrons. The summed E-state index contributed by atoms with van der Waals surface area (Å²) in [5.74, 6) is 0. The number of nitrogens with zero attached hydrogens (tertiary/aromatic N) is 2. The third-order valence-corrected chi connectivity index (χ3v) is 6.82. The van der Waals surface area contributed by atoms with Gasteiger partial charge in [0.2, 0.25) is 0 Å². The van der Waals surface area contributed by atoms with Gasteiger partial charge >= 0.3 is 0 Å². The van der Waals surface area contributed by atoms with Crippen molar-refractivity contribution in [3.63, 3.8) is 0 Å². The molecule has 9 heteroatoms. The van der Waals surface area contributed by atoms with Crippen LogP contribution in [-0.4, -0.2) is 24.6 Å². The number of anilines is 2. The number of aromatic nitrogens is 2. The number of thiazole rings is 1. The Hall–Kier alpha value is -2.45. The standard InChI is InChI=1S/C21H15Cl2N3O2S2/c1-30(27,28)18-4-2-14(3-5-18)20-19(13-6-8-24-9-7-13)26-21(29-20)25-17-11-15(22)10-16(23)12-17/h2-12H,1H3,(H,25,26). The monoisotopic (exact) mass is 475 g/mol. The minimum atomic E-state index is -3.27. The molecule has 0 saturated heterocycles. The van der Waals surface area contributed by atoms with Gasteiger partial charge in [-0.05, 0) is 48.0 Å². The lowest BCUT2D eigenvalue weighted by Crippen LogP contribution is -1.96. The normalized spacial score (nSPS) is 11.4. The smallest absolute Gasteiger partial charge is 0.188 e. The fourth-order valence-corrected chi connectivity index (χ4v) is 5.05. The molecule has 30 heavy (non-hydrogen) atoms. The van der Waals surface area contributed by atoms with Crippen LogP contribution in [0, 0.1) is 0 Å². The zero-order chi connectivity index (χ0) is 21.3. The van der Waals surface area contributed by atoms with Crippen LogP contribution in [-0.2, 0) is 9.84 Å². The van der Waals surface area contributed by atoms with Gasteiger partial charge in [-0.15, -0.1) is 0 Å². The fraction of sp³-hybridized carbons (Fsp3) is 0.0476. The highest BCUT2D eigenvalue weighted by molar-refractivity contribution is 7.90. The van der Waals surface area contributed by atoms with E-state index in [0.717, 1.165) is 27.4 Å². The van der Waals surface area contributed by atoms with Gasteiger partial charge in [-0.3, -0.25) is 4.98 Å². The van der Waals surface area contributed by atoms with E-state index < -0.39 is 9.84 Å². The Labute approximate surface area is 188 Å². The first kappa shape index (κ1) is 20.8. The van der Waals surface area contributed by atoms with Crippen LogP contribution in [0.25, 0.3) is 21.7 Å². The molecule has 0 aliphatic rings. The first-order valence-corrected chi connectivity index (χ1v) is 12.2. The number of benzene rings is 2. The fourth-order valence-electron chi connectivity index (χ4n) is 2.88. The number of rotatable bonds is 5. The van der Waals surface area contributed by atoms with Crippen LogP contribution in [0.2, 0.25) is 10.0 Å². The van der Waals surface area contributed by atoms with E-state index in [9.17, 15) is 8.42 Å². The van der Waals surface area contributed by atoms with Crippen LogP contribution in [0.4, 0.5) is 10.8 Å². The molecule has 0 aliphatic carbocycles. The molecule has 0 aliphatic heterocycles. The molecular formula is C21H15Cl2N3O2S2. The summed E-state index contributed by atoms with van der Waals surface area (Å²) < 4.78 is 23.6. The summed E-state index contributed by atoms with van der Waals surface area (Å²) in [6.07, 6.45) is 4.60. The van der Waals surface area contributed by atoms with Crippen molar-refractivity contribution in [1.29, 1.82) is 0 Å². The van der Waals surface area contributed by atoms with E-state index in [-0.39, 0.29) is 4.90 Å². The maximum atomic E-state index is 11.8. The quantitative estimate of drug-likeness (QED) is 0.365. The zero-order valence-corrected chi connectivity index (χ0v) is 18.8. The van der Waals surface area contributed by atoms with Crippen molar-refractivity contribution < 1.29 is 8.42 Å². The van der Waals surface area contributed by atoms with Gasteiger partial charge in [-0.25, -0.2) is 13.4 Å². The van der Waals surface area contributed by atoms with Gasteiger partial charge in [-0.2, -0.15) is 0 Å². The molecule has 2 aromatic heterocycles. The lowest BCUT2D eigenvalue weighted by molar-refractivity contribution is 0.602. The number of hydrogen-bond acceptors (Lipinski definition) is 6. The molecule has 4 aromatic rings. The van der Waals surface area contributed by atoms with Crippen LogP contribution in [0.5, 0.6) is 0 Å². The summed E-state index contributed by atoms with van der Waals surface area (Å²) in [6.45, 7) is 0. The van der Waals surface area contributed by atoms with E-state index in [0.29, 0.717) is 15.2 Å². The summed E-state index contributed by atoms with van der Waals surface area (Å²) >= 11 is 13.6. The van der Waals surface area contributed by atoms with E-state index >= 15 is 0 Å². The second kappa shape index (κ2) is 8.35. The Kier molecular flexibility index (Phi) is 5.79. The molecule has 1 N–H and O–H groups in total. The Morgan fingerprint density at radius 3 is 2.13 bits per heavy atom. The van der Waals surface area contributed by atoms with E-state index in [1.165, 1.54) is 17.6 Å². The van der Waals surface area contributed by atoms with Crippen molar-refractivity contribution in [3.8, 4) is 21.7 Å². The second-order valence-electron chi connectivity index (χ2n) is 6.51. The molecule has 0 saturated carbocycles. The first-order valence-electron chi connectivity index (χ1n) is 8.74. The van der Waals surface area contributed by atoms with Crippen molar-refractivity contribution in [2.24, 2.45) is 0 Å². The van der Waals surface area contributed by atoms with Crippen LogP contribution in [0.1, 0.15) is 0 Å². The van der Waals surface area contributed by atoms with Crippen molar-refractivity contribution in [1.82, 2.24) is 9.97 Å². The van der Waals surface area contributed by atoms with Crippen LogP contribution < -0.4 is 5.32 Å². The number of sulfone groups is 1. The highest BCUT2D eigenvalue weighted by Crippen LogP contribution is 2.40. The highest BCUT2D eigenvalue weighted by Gasteiger charge is 2.16. The molecule has 152 valence electrons. The summed E-state index contributed by atoms with van der Waals surface area (Å²) in [5.41, 5.74) is 3.26. The average molecular weight is 476 g/mol. The zero-order valence-electron chi connectivity index (χ0n) is 15.6. The third-order valence-electron chi connectivity index (χ3n) is 4.24. The van der Waals surface area contributed by atoms with Gasteiger partial charge in [0.15, 0.2) is 15.0 Å². The maximum absolute atomic E-state index is 11.8. The van der Waals surface area contributed by atoms with Crippen molar-refractivity contribution in [3.05, 3.63) is 77.0 Å². The molecule has 0 fully saturated rings. The minimum absolute atomic E-state index is 0.271. The van der Waals surface area contributed by atoms with Gasteiger partial charge in [-0.1, -0.05) is 46.7 Å². The largest absolute Gasteiger partial charge is 0.331 e. The van der Waals surface area contributed by atoms with Gasteiger partial charge in [0, 0.05) is 39.9 Å². The Morgan fingerprint density at radius 2 is 1.53 bits per heavy atom. The van der Waals surface area contributed by atoms with E-state index in [1.54, 1.807) is 54.9 Å². The second-order valence-corrected chi connectivity index (χ2v) is 10.4. The van der Waals surface area contributed by atoms with Gasteiger partial charge in [0.25, 0.3) is 0 Å². The number of pyridine rings is 1. The van der Waals surface area contributed by atoms with E-state index in [1.807, 2.05) is 12.1 Å². The summed E-state index contributed by atoms with van der Waals surface area (Å²) in [7, 11) is -3.27. The summed E-state index contributed by atoms with van der Waals surface area (Å²) in [6, 6.07) is 15.7. The molecule has 0 bridgehead atoms. The van der Waals surface area contributed by atoms with Gasteiger partial charge in [0.05, 0.1) is 15.5 Å². The van der Waals surface area contributed by atoms with Crippen LogP contribution in [0.3, 0.4) is 0 Å². The maximum Gasteiger partial charge on any atom is 0.188 e. The molecule has 0 spiro atoms. The lowest BCUT2D eigenvalue weighted by atomic mass is 10.1. The van der Waals surface area contributed by atoms with E-state index in [4.69, 9.17) is 28.2 Å². The van der Waals surface area contributed by atoms with E-state index in [2.05, 4.69) is 10.3 Å². The van der Waals surface area contributed by atoms with Crippen LogP contribution in [0.15, 0.2) is 71.9 Å². The molecule has 5 nitrogen and oxygen atoms in total. The molecule has 2 heterocycles. The number of hydrogen-bond donors (Lipinski definition) is 1. The predicted octanol–water partition coefficient (Wildman–Crippen LogP) is 6.33. The molecule has 0 amide bonds. The average Bonchev–Trinajstić information content (AvgIpc) is 3.11. The number of halogens is 2. The summed E-state index contributed by atoms with van der Waals surface area (Å²) in [4.78, 5) is 10.00.